The summed E-state index contributed by atoms with van der Waals surface area (Å²) in [6.45, 7) is 8.33. The number of hydrogen-bond acceptors (Lipinski definition) is 2. The number of hydrogen-bond donors (Lipinski definition) is 0. The molecule has 1 rings (SSSR count). The fourth-order valence-electron chi connectivity index (χ4n) is 0.940. The summed E-state index contributed by atoms with van der Waals surface area (Å²) in [5.74, 6) is 0. The second-order valence-corrected chi connectivity index (χ2v) is 4.65. The van der Waals surface area contributed by atoms with E-state index < -0.39 is 0 Å². The molecular weight excluding hydrogens is 216 g/mol. The smallest absolute Gasteiger partial charge is 0.128 e. The Kier molecular flexibility index (Phi) is 2.52. The summed E-state index contributed by atoms with van der Waals surface area (Å²) in [6.07, 6.45) is 1.76. The summed E-state index contributed by atoms with van der Waals surface area (Å²) in [5.41, 5.74) is 2.03. The van der Waals surface area contributed by atoms with Crippen LogP contribution in [0.15, 0.2) is 10.8 Å². The minimum absolute atomic E-state index is 0.0534. The Morgan fingerprint density at radius 2 is 1.92 bits per heavy atom. The maximum atomic E-state index is 4.43. The summed E-state index contributed by atoms with van der Waals surface area (Å²) in [7, 11) is 0. The number of halogens is 1. The lowest BCUT2D eigenvalue weighted by atomic mass is 9.93. The maximum Gasteiger partial charge on any atom is 0.128 e. The standard InChI is InChI=1S/C9H13BrN2/c1-6-5-11-8(10)7(12-6)9(2,3)4/h5H,1-4H3. The average Bonchev–Trinajstić information content (AvgIpc) is 1.92. The van der Waals surface area contributed by atoms with Crippen LogP contribution in [0.5, 0.6) is 0 Å². The van der Waals surface area contributed by atoms with Crippen molar-refractivity contribution in [2.45, 2.75) is 33.1 Å². The van der Waals surface area contributed by atoms with E-state index in [9.17, 15) is 0 Å². The van der Waals surface area contributed by atoms with Crippen LogP contribution in [0.1, 0.15) is 32.2 Å². The third-order valence-electron chi connectivity index (χ3n) is 1.56. The van der Waals surface area contributed by atoms with Crippen molar-refractivity contribution in [2.75, 3.05) is 0 Å². The molecule has 1 aromatic heterocycles. The molecule has 0 unspecified atom stereocenters. The van der Waals surface area contributed by atoms with E-state index in [1.807, 2.05) is 6.92 Å². The van der Waals surface area contributed by atoms with Crippen LogP contribution in [0.4, 0.5) is 0 Å². The van der Waals surface area contributed by atoms with Crippen LogP contribution in [0.2, 0.25) is 0 Å². The quantitative estimate of drug-likeness (QED) is 0.683. The SMILES string of the molecule is Cc1cnc(Br)c(C(C)(C)C)n1. The lowest BCUT2D eigenvalue weighted by Gasteiger charge is -2.18. The summed E-state index contributed by atoms with van der Waals surface area (Å²) in [6, 6.07) is 0. The molecule has 12 heavy (non-hydrogen) atoms. The first-order valence-corrected chi connectivity index (χ1v) is 4.70. The highest BCUT2D eigenvalue weighted by Gasteiger charge is 2.19. The zero-order chi connectivity index (χ0) is 9.35. The van der Waals surface area contributed by atoms with Crippen LogP contribution in [0, 0.1) is 6.92 Å². The molecular formula is C9H13BrN2. The Morgan fingerprint density at radius 3 is 2.33 bits per heavy atom. The highest BCUT2D eigenvalue weighted by Crippen LogP contribution is 2.25. The predicted octanol–water partition coefficient (Wildman–Crippen LogP) is 2.85. The average molecular weight is 229 g/mol. The van der Waals surface area contributed by atoms with Gasteiger partial charge in [0.15, 0.2) is 0 Å². The van der Waals surface area contributed by atoms with Gasteiger partial charge in [0.05, 0.1) is 11.4 Å². The number of rotatable bonds is 0. The molecule has 2 nitrogen and oxygen atoms in total. The van der Waals surface area contributed by atoms with Gasteiger partial charge in [-0.2, -0.15) is 0 Å². The molecule has 3 heteroatoms. The Balaban J connectivity index is 3.23. The molecule has 0 saturated carbocycles. The van der Waals surface area contributed by atoms with Gasteiger partial charge in [-0.3, -0.25) is 4.98 Å². The molecule has 0 amide bonds. The normalized spacial score (nSPS) is 11.8. The highest BCUT2D eigenvalue weighted by atomic mass is 79.9. The van der Waals surface area contributed by atoms with Crippen molar-refractivity contribution in [3.05, 3.63) is 22.2 Å². The lowest BCUT2D eigenvalue weighted by Crippen LogP contribution is -2.15. The molecule has 0 aliphatic carbocycles. The van der Waals surface area contributed by atoms with Gasteiger partial charge in [-0.1, -0.05) is 20.8 Å². The third-order valence-corrected chi connectivity index (χ3v) is 2.14. The van der Waals surface area contributed by atoms with E-state index in [-0.39, 0.29) is 5.41 Å². The molecule has 0 aliphatic rings. The van der Waals surface area contributed by atoms with Gasteiger partial charge in [0.1, 0.15) is 4.60 Å². The number of aryl methyl sites for hydroxylation is 1. The van der Waals surface area contributed by atoms with Gasteiger partial charge in [0.2, 0.25) is 0 Å². The van der Waals surface area contributed by atoms with Crippen molar-refractivity contribution in [1.82, 2.24) is 9.97 Å². The van der Waals surface area contributed by atoms with Crippen LogP contribution in [-0.2, 0) is 5.41 Å². The molecule has 0 spiro atoms. The molecule has 0 N–H and O–H groups in total. The molecule has 1 heterocycles. The van der Waals surface area contributed by atoms with Crippen LogP contribution >= 0.6 is 15.9 Å². The summed E-state index contributed by atoms with van der Waals surface area (Å²) in [4.78, 5) is 8.63. The Morgan fingerprint density at radius 1 is 1.33 bits per heavy atom. The Bertz CT molecular complexity index is 289. The number of aromatic nitrogens is 2. The molecule has 1 aromatic rings. The van der Waals surface area contributed by atoms with Crippen molar-refractivity contribution < 1.29 is 0 Å². The van der Waals surface area contributed by atoms with Crippen molar-refractivity contribution in [1.29, 1.82) is 0 Å². The molecule has 0 radical (unpaired) electrons. The van der Waals surface area contributed by atoms with Crippen molar-refractivity contribution in [3.63, 3.8) is 0 Å². The fourth-order valence-corrected chi connectivity index (χ4v) is 1.73. The van der Waals surface area contributed by atoms with E-state index in [4.69, 9.17) is 0 Å². The van der Waals surface area contributed by atoms with Crippen molar-refractivity contribution in [3.8, 4) is 0 Å². The molecule has 0 aromatic carbocycles. The first kappa shape index (κ1) is 9.65. The summed E-state index contributed by atoms with van der Waals surface area (Å²) < 4.78 is 0.848. The zero-order valence-corrected chi connectivity index (χ0v) is 9.44. The molecule has 66 valence electrons. The summed E-state index contributed by atoms with van der Waals surface area (Å²) >= 11 is 3.39. The predicted molar refractivity (Wildman–Crippen MR) is 53.2 cm³/mol. The van der Waals surface area contributed by atoms with Crippen LogP contribution in [0.3, 0.4) is 0 Å². The van der Waals surface area contributed by atoms with Gasteiger partial charge >= 0.3 is 0 Å². The maximum absolute atomic E-state index is 4.43. The van der Waals surface area contributed by atoms with Crippen molar-refractivity contribution >= 4 is 15.9 Å². The first-order valence-electron chi connectivity index (χ1n) is 3.91. The van der Waals surface area contributed by atoms with Gasteiger partial charge in [-0.15, -0.1) is 0 Å². The third kappa shape index (κ3) is 2.03. The van der Waals surface area contributed by atoms with E-state index in [0.29, 0.717) is 0 Å². The highest BCUT2D eigenvalue weighted by molar-refractivity contribution is 9.10. The Hall–Kier alpha value is -0.440. The van der Waals surface area contributed by atoms with Gasteiger partial charge < -0.3 is 0 Å². The Labute approximate surface area is 81.6 Å². The fraction of sp³-hybridized carbons (Fsp3) is 0.556. The van der Waals surface area contributed by atoms with Crippen LogP contribution in [0.25, 0.3) is 0 Å². The topological polar surface area (TPSA) is 25.8 Å². The van der Waals surface area contributed by atoms with Crippen LogP contribution < -0.4 is 0 Å². The van der Waals surface area contributed by atoms with Gasteiger partial charge in [0, 0.05) is 11.6 Å². The molecule has 0 bridgehead atoms. The molecule has 0 saturated heterocycles. The van der Waals surface area contributed by atoms with E-state index in [2.05, 4.69) is 46.7 Å². The van der Waals surface area contributed by atoms with E-state index in [1.54, 1.807) is 6.20 Å². The monoisotopic (exact) mass is 228 g/mol. The minimum Gasteiger partial charge on any atom is -0.253 e. The summed E-state index contributed by atoms with van der Waals surface area (Å²) in [5, 5.41) is 0. The second kappa shape index (κ2) is 3.13. The molecule has 0 atom stereocenters. The van der Waals surface area contributed by atoms with Crippen molar-refractivity contribution in [2.24, 2.45) is 0 Å². The minimum atomic E-state index is 0.0534. The lowest BCUT2D eigenvalue weighted by molar-refractivity contribution is 0.558. The number of nitrogens with zero attached hydrogens (tertiary/aromatic N) is 2. The first-order chi connectivity index (χ1) is 5.41. The largest absolute Gasteiger partial charge is 0.253 e. The van der Waals surface area contributed by atoms with Crippen LogP contribution in [-0.4, -0.2) is 9.97 Å². The van der Waals surface area contributed by atoms with Gasteiger partial charge in [0.25, 0.3) is 0 Å². The van der Waals surface area contributed by atoms with Gasteiger partial charge in [-0.25, -0.2) is 4.98 Å². The van der Waals surface area contributed by atoms with Gasteiger partial charge in [-0.05, 0) is 22.9 Å². The second-order valence-electron chi connectivity index (χ2n) is 3.90. The zero-order valence-electron chi connectivity index (χ0n) is 7.85. The molecule has 0 fully saturated rings. The van der Waals surface area contributed by atoms with E-state index in [0.717, 1.165) is 16.0 Å². The van der Waals surface area contributed by atoms with E-state index in [1.165, 1.54) is 0 Å². The molecule has 0 aliphatic heterocycles. The van der Waals surface area contributed by atoms with E-state index >= 15 is 0 Å².